The molecule has 1 saturated heterocycles. The SMILES string of the molecule is Cc1nnc([C@H]2CCCN2C(=O)Nc2ccccn2)n1Cc1ccc(Cl)cc1. The van der Waals surface area contributed by atoms with Crippen LogP contribution in [0.25, 0.3) is 0 Å². The van der Waals surface area contributed by atoms with Crippen LogP contribution in [-0.2, 0) is 6.54 Å². The van der Waals surface area contributed by atoms with Crippen molar-refractivity contribution in [1.29, 1.82) is 0 Å². The van der Waals surface area contributed by atoms with Gasteiger partial charge in [-0.3, -0.25) is 5.32 Å². The molecule has 1 aliphatic heterocycles. The molecule has 0 unspecified atom stereocenters. The Morgan fingerprint density at radius 3 is 2.79 bits per heavy atom. The number of hydrogen-bond acceptors (Lipinski definition) is 4. The van der Waals surface area contributed by atoms with Crippen LogP contribution in [0.2, 0.25) is 5.02 Å². The number of urea groups is 1. The van der Waals surface area contributed by atoms with Gasteiger partial charge < -0.3 is 9.47 Å². The van der Waals surface area contributed by atoms with Gasteiger partial charge in [0.2, 0.25) is 0 Å². The van der Waals surface area contributed by atoms with Crippen molar-refractivity contribution in [3.8, 4) is 0 Å². The van der Waals surface area contributed by atoms with Gasteiger partial charge in [0.1, 0.15) is 11.6 Å². The van der Waals surface area contributed by atoms with Gasteiger partial charge in [0.25, 0.3) is 0 Å². The molecule has 3 aromatic rings. The van der Waals surface area contributed by atoms with Crippen molar-refractivity contribution >= 4 is 23.4 Å². The quantitative estimate of drug-likeness (QED) is 0.721. The second kappa shape index (κ2) is 7.98. The maximum atomic E-state index is 12.8. The van der Waals surface area contributed by atoms with Gasteiger partial charge in [-0.15, -0.1) is 10.2 Å². The van der Waals surface area contributed by atoms with Crippen molar-refractivity contribution in [3.63, 3.8) is 0 Å². The molecule has 0 bridgehead atoms. The number of nitrogens with zero attached hydrogens (tertiary/aromatic N) is 5. The highest BCUT2D eigenvalue weighted by Crippen LogP contribution is 2.32. The molecule has 4 rings (SSSR count). The molecule has 7 nitrogen and oxygen atoms in total. The molecular weight excluding hydrogens is 376 g/mol. The number of carbonyl (C=O) groups is 1. The monoisotopic (exact) mass is 396 g/mol. The smallest absolute Gasteiger partial charge is 0.314 e. The molecule has 0 aliphatic carbocycles. The fraction of sp³-hybridized carbons (Fsp3) is 0.300. The molecule has 2 aromatic heterocycles. The molecule has 1 aromatic carbocycles. The normalized spacial score (nSPS) is 16.4. The van der Waals surface area contributed by atoms with Gasteiger partial charge in [0, 0.05) is 17.8 Å². The number of benzene rings is 1. The summed E-state index contributed by atoms with van der Waals surface area (Å²) in [6.45, 7) is 3.24. The minimum absolute atomic E-state index is 0.114. The number of carbonyl (C=O) groups excluding carboxylic acids is 1. The molecule has 0 saturated carbocycles. The number of aryl methyl sites for hydroxylation is 1. The zero-order valence-corrected chi connectivity index (χ0v) is 16.3. The Labute approximate surface area is 168 Å². The minimum atomic E-state index is -0.167. The van der Waals surface area contributed by atoms with E-state index in [9.17, 15) is 4.79 Å². The van der Waals surface area contributed by atoms with E-state index in [1.807, 2.05) is 48.2 Å². The summed E-state index contributed by atoms with van der Waals surface area (Å²) in [6.07, 6.45) is 3.44. The van der Waals surface area contributed by atoms with E-state index in [0.717, 1.165) is 30.1 Å². The number of amides is 2. The third-order valence-electron chi connectivity index (χ3n) is 4.93. The van der Waals surface area contributed by atoms with Gasteiger partial charge in [0.05, 0.1) is 12.6 Å². The van der Waals surface area contributed by atoms with Crippen LogP contribution in [-0.4, -0.2) is 37.2 Å². The standard InChI is InChI=1S/C20H21ClN6O/c1-14-24-25-19(27(14)13-15-7-9-16(21)10-8-15)17-5-4-12-26(17)20(28)23-18-6-2-3-11-22-18/h2-3,6-11,17H,4-5,12-13H2,1H3,(H,22,23,28)/t17-/m1/s1. The van der Waals surface area contributed by atoms with Crippen molar-refractivity contribution in [3.05, 3.63) is 70.9 Å². The van der Waals surface area contributed by atoms with Gasteiger partial charge in [-0.05, 0) is 49.6 Å². The summed E-state index contributed by atoms with van der Waals surface area (Å²) in [5.41, 5.74) is 1.11. The Hall–Kier alpha value is -2.93. The molecule has 1 aliphatic rings. The Morgan fingerprint density at radius 2 is 2.04 bits per heavy atom. The van der Waals surface area contributed by atoms with E-state index in [4.69, 9.17) is 11.6 Å². The number of rotatable bonds is 4. The lowest BCUT2D eigenvalue weighted by Gasteiger charge is -2.25. The lowest BCUT2D eigenvalue weighted by atomic mass is 10.2. The number of nitrogens with one attached hydrogen (secondary N) is 1. The van der Waals surface area contributed by atoms with E-state index in [-0.39, 0.29) is 12.1 Å². The third kappa shape index (κ3) is 3.84. The molecule has 144 valence electrons. The highest BCUT2D eigenvalue weighted by molar-refractivity contribution is 6.30. The molecule has 28 heavy (non-hydrogen) atoms. The average molecular weight is 397 g/mol. The first-order chi connectivity index (χ1) is 13.6. The summed E-state index contributed by atoms with van der Waals surface area (Å²) in [6, 6.07) is 12.9. The van der Waals surface area contributed by atoms with Crippen molar-refractivity contribution in [1.82, 2.24) is 24.6 Å². The zero-order valence-electron chi connectivity index (χ0n) is 15.5. The van der Waals surface area contributed by atoms with Crippen LogP contribution in [0.1, 0.15) is 36.1 Å². The largest absolute Gasteiger partial charge is 0.323 e. The van der Waals surface area contributed by atoms with E-state index >= 15 is 0 Å². The van der Waals surface area contributed by atoms with Crippen molar-refractivity contribution in [2.24, 2.45) is 0 Å². The van der Waals surface area contributed by atoms with Crippen LogP contribution in [0.5, 0.6) is 0 Å². The predicted octanol–water partition coefficient (Wildman–Crippen LogP) is 4.05. The summed E-state index contributed by atoms with van der Waals surface area (Å²) >= 11 is 5.99. The van der Waals surface area contributed by atoms with Crippen molar-refractivity contribution in [2.75, 3.05) is 11.9 Å². The maximum absolute atomic E-state index is 12.8. The van der Waals surface area contributed by atoms with Gasteiger partial charge in [-0.1, -0.05) is 29.8 Å². The molecule has 2 amide bonds. The molecule has 1 N–H and O–H groups in total. The molecule has 1 fully saturated rings. The Kier molecular flexibility index (Phi) is 5.25. The lowest BCUT2D eigenvalue weighted by molar-refractivity contribution is 0.203. The van der Waals surface area contributed by atoms with E-state index in [2.05, 4.69) is 25.1 Å². The third-order valence-corrected chi connectivity index (χ3v) is 5.18. The number of likely N-dealkylation sites (tertiary alicyclic amines) is 1. The van der Waals surface area contributed by atoms with Crippen LogP contribution in [0, 0.1) is 6.92 Å². The van der Waals surface area contributed by atoms with Crippen LogP contribution >= 0.6 is 11.6 Å². The van der Waals surface area contributed by atoms with Crippen LogP contribution in [0.4, 0.5) is 10.6 Å². The Balaban J connectivity index is 1.56. The maximum Gasteiger partial charge on any atom is 0.323 e. The highest BCUT2D eigenvalue weighted by Gasteiger charge is 2.34. The number of aromatic nitrogens is 4. The van der Waals surface area contributed by atoms with Crippen LogP contribution < -0.4 is 5.32 Å². The number of anilines is 1. The average Bonchev–Trinajstić information content (AvgIpc) is 3.32. The molecule has 0 spiro atoms. The van der Waals surface area contributed by atoms with E-state index in [0.29, 0.717) is 23.9 Å². The molecular formula is C20H21ClN6O. The molecule has 0 radical (unpaired) electrons. The van der Waals surface area contributed by atoms with Crippen LogP contribution in [0.15, 0.2) is 48.7 Å². The first-order valence-corrected chi connectivity index (χ1v) is 9.62. The minimum Gasteiger partial charge on any atom is -0.314 e. The van der Waals surface area contributed by atoms with Gasteiger partial charge >= 0.3 is 6.03 Å². The zero-order chi connectivity index (χ0) is 19.5. The second-order valence-electron chi connectivity index (χ2n) is 6.81. The van der Waals surface area contributed by atoms with Crippen LogP contribution in [0.3, 0.4) is 0 Å². The fourth-order valence-electron chi connectivity index (χ4n) is 3.51. The molecule has 8 heteroatoms. The topological polar surface area (TPSA) is 75.9 Å². The molecule has 3 heterocycles. The van der Waals surface area contributed by atoms with E-state index < -0.39 is 0 Å². The lowest BCUT2D eigenvalue weighted by Crippen LogP contribution is -2.35. The fourth-order valence-corrected chi connectivity index (χ4v) is 3.63. The van der Waals surface area contributed by atoms with Crippen molar-refractivity contribution in [2.45, 2.75) is 32.4 Å². The predicted molar refractivity (Wildman–Crippen MR) is 107 cm³/mol. The van der Waals surface area contributed by atoms with E-state index in [1.54, 1.807) is 12.3 Å². The highest BCUT2D eigenvalue weighted by atomic mass is 35.5. The van der Waals surface area contributed by atoms with E-state index in [1.165, 1.54) is 0 Å². The first-order valence-electron chi connectivity index (χ1n) is 9.24. The second-order valence-corrected chi connectivity index (χ2v) is 7.25. The van der Waals surface area contributed by atoms with Crippen molar-refractivity contribution < 1.29 is 4.79 Å². The van der Waals surface area contributed by atoms with Gasteiger partial charge in [0.15, 0.2) is 5.82 Å². The summed E-state index contributed by atoms with van der Waals surface area (Å²) in [5.74, 6) is 2.17. The summed E-state index contributed by atoms with van der Waals surface area (Å²) < 4.78 is 2.07. The summed E-state index contributed by atoms with van der Waals surface area (Å²) in [4.78, 5) is 18.8. The Bertz CT molecular complexity index is 957. The van der Waals surface area contributed by atoms with Gasteiger partial charge in [-0.2, -0.15) is 0 Å². The molecule has 1 atom stereocenters. The number of hydrogen-bond donors (Lipinski definition) is 1. The number of halogens is 1. The summed E-state index contributed by atoms with van der Waals surface area (Å²) in [5, 5.41) is 12.2. The van der Waals surface area contributed by atoms with Gasteiger partial charge in [-0.25, -0.2) is 9.78 Å². The first kappa shape index (κ1) is 18.4. The summed E-state index contributed by atoms with van der Waals surface area (Å²) in [7, 11) is 0. The number of pyridine rings is 1. The Morgan fingerprint density at radius 1 is 1.21 bits per heavy atom.